The number of rotatable bonds is 5. The number of aromatic nitrogens is 4. The van der Waals surface area contributed by atoms with Gasteiger partial charge < -0.3 is 9.30 Å². The van der Waals surface area contributed by atoms with Crippen molar-refractivity contribution in [2.45, 2.75) is 13.5 Å². The number of fused-ring (bicyclic) bond motifs is 1. The zero-order valence-corrected chi connectivity index (χ0v) is 18.8. The van der Waals surface area contributed by atoms with Gasteiger partial charge in [0.1, 0.15) is 5.82 Å². The van der Waals surface area contributed by atoms with E-state index in [1.54, 1.807) is 6.07 Å². The first-order chi connectivity index (χ1) is 16.0. The third-order valence-corrected chi connectivity index (χ3v) is 6.13. The van der Waals surface area contributed by atoms with Crippen molar-refractivity contribution in [3.63, 3.8) is 0 Å². The lowest BCUT2D eigenvalue weighted by atomic mass is 9.98. The van der Waals surface area contributed by atoms with Crippen molar-refractivity contribution in [3.05, 3.63) is 93.3 Å². The van der Waals surface area contributed by atoms with Gasteiger partial charge in [-0.1, -0.05) is 54.6 Å². The molecule has 2 aromatic heterocycles. The molecule has 164 valence electrons. The summed E-state index contributed by atoms with van der Waals surface area (Å²) < 4.78 is 11.2. The second-order valence-electron chi connectivity index (χ2n) is 7.60. The number of H-pyrrole nitrogens is 1. The molecule has 2 heterocycles. The summed E-state index contributed by atoms with van der Waals surface area (Å²) in [5.74, 6) is 1.01. The van der Waals surface area contributed by atoms with E-state index >= 15 is 0 Å². The van der Waals surface area contributed by atoms with Crippen LogP contribution in [0.3, 0.4) is 0 Å². The van der Waals surface area contributed by atoms with Gasteiger partial charge in [-0.2, -0.15) is 4.37 Å². The third-order valence-electron chi connectivity index (χ3n) is 5.59. The van der Waals surface area contributed by atoms with E-state index in [1.807, 2.05) is 60.0 Å². The number of para-hydroxylation sites is 1. The van der Waals surface area contributed by atoms with Crippen LogP contribution >= 0.6 is 11.5 Å². The van der Waals surface area contributed by atoms with Gasteiger partial charge in [-0.05, 0) is 35.7 Å². The van der Waals surface area contributed by atoms with E-state index in [-0.39, 0.29) is 10.8 Å². The molecule has 0 amide bonds. The number of imidazole rings is 1. The minimum atomic E-state index is -0.381. The number of aromatic amines is 1. The molecule has 33 heavy (non-hydrogen) atoms. The van der Waals surface area contributed by atoms with E-state index in [1.165, 1.54) is 7.11 Å². The van der Waals surface area contributed by atoms with Gasteiger partial charge in [0.05, 0.1) is 23.7 Å². The minimum Gasteiger partial charge on any atom is -0.465 e. The molecule has 0 fully saturated rings. The van der Waals surface area contributed by atoms with Crippen LogP contribution in [0.15, 0.2) is 71.5 Å². The van der Waals surface area contributed by atoms with Crippen LogP contribution in [0.25, 0.3) is 33.5 Å². The van der Waals surface area contributed by atoms with Gasteiger partial charge in [-0.3, -0.25) is 9.78 Å². The average Bonchev–Trinajstić information content (AvgIpc) is 3.41. The number of carbonyl (C=O) groups excluding carboxylic acids is 1. The average molecular weight is 457 g/mol. The molecule has 0 saturated heterocycles. The minimum absolute atomic E-state index is 0.176. The predicted molar refractivity (Wildman–Crippen MR) is 129 cm³/mol. The molecule has 5 aromatic rings. The molecule has 0 aliphatic heterocycles. The summed E-state index contributed by atoms with van der Waals surface area (Å²) in [6, 6.07) is 21.5. The highest BCUT2D eigenvalue weighted by atomic mass is 32.1. The van der Waals surface area contributed by atoms with Crippen LogP contribution in [0.1, 0.15) is 21.7 Å². The maximum Gasteiger partial charge on any atom is 0.340 e. The zero-order valence-electron chi connectivity index (χ0n) is 18.0. The van der Waals surface area contributed by atoms with Crippen LogP contribution in [-0.4, -0.2) is 32.0 Å². The maximum atomic E-state index is 12.3. The number of esters is 1. The number of nitrogens with zero attached hydrogens (tertiary/aromatic N) is 3. The van der Waals surface area contributed by atoms with Crippen molar-refractivity contribution < 1.29 is 9.53 Å². The largest absolute Gasteiger partial charge is 0.465 e. The molecule has 0 spiro atoms. The maximum absolute atomic E-state index is 12.3. The molecular formula is C25H20N4O3S. The van der Waals surface area contributed by atoms with Crippen molar-refractivity contribution in [3.8, 4) is 22.5 Å². The monoisotopic (exact) mass is 456 g/mol. The van der Waals surface area contributed by atoms with Crippen molar-refractivity contribution in [2.24, 2.45) is 0 Å². The van der Waals surface area contributed by atoms with Gasteiger partial charge in [0.15, 0.2) is 5.82 Å². The van der Waals surface area contributed by atoms with Crippen LogP contribution < -0.4 is 4.87 Å². The van der Waals surface area contributed by atoms with Gasteiger partial charge in [0, 0.05) is 23.6 Å². The van der Waals surface area contributed by atoms with E-state index in [0.29, 0.717) is 17.9 Å². The first kappa shape index (κ1) is 20.8. The Morgan fingerprint density at radius 1 is 1.03 bits per heavy atom. The fourth-order valence-corrected chi connectivity index (χ4v) is 4.49. The SMILES string of the molecule is COC(=O)c1cccc2nc(C)n(Cc3ccc(-c4ccccc4-c4nsc(=O)[nH]4)cc3)c12. The molecule has 0 radical (unpaired) electrons. The Hall–Kier alpha value is -4.04. The van der Waals surface area contributed by atoms with Crippen molar-refractivity contribution >= 4 is 28.5 Å². The number of aryl methyl sites for hydroxylation is 1. The predicted octanol–water partition coefficient (Wildman–Crippen LogP) is 4.66. The number of methoxy groups -OCH3 is 1. The lowest BCUT2D eigenvalue weighted by Gasteiger charge is -2.11. The van der Waals surface area contributed by atoms with Crippen LogP contribution in [0.4, 0.5) is 0 Å². The Balaban J connectivity index is 1.51. The van der Waals surface area contributed by atoms with E-state index in [4.69, 9.17) is 4.74 Å². The second kappa shape index (κ2) is 8.48. The Morgan fingerprint density at radius 3 is 2.48 bits per heavy atom. The van der Waals surface area contributed by atoms with Crippen LogP contribution in [-0.2, 0) is 11.3 Å². The van der Waals surface area contributed by atoms with E-state index in [2.05, 4.69) is 26.5 Å². The Labute approximate surface area is 193 Å². The number of hydrogen-bond acceptors (Lipinski definition) is 6. The molecule has 1 N–H and O–H groups in total. The highest BCUT2D eigenvalue weighted by molar-refractivity contribution is 7.03. The number of nitrogens with one attached hydrogen (secondary N) is 1. The third kappa shape index (κ3) is 3.85. The molecule has 0 saturated carbocycles. The van der Waals surface area contributed by atoms with E-state index in [0.717, 1.165) is 50.6 Å². The summed E-state index contributed by atoms with van der Waals surface area (Å²) in [7, 11) is 1.38. The Kier molecular flexibility index (Phi) is 5.35. The molecule has 7 nitrogen and oxygen atoms in total. The molecule has 0 aliphatic rings. The highest BCUT2D eigenvalue weighted by Gasteiger charge is 2.17. The lowest BCUT2D eigenvalue weighted by molar-refractivity contribution is 0.0602. The van der Waals surface area contributed by atoms with Crippen LogP contribution in [0.2, 0.25) is 0 Å². The normalized spacial score (nSPS) is 11.1. The summed E-state index contributed by atoms with van der Waals surface area (Å²) in [4.78, 5) is 31.1. The number of benzene rings is 3. The second-order valence-corrected chi connectivity index (χ2v) is 8.33. The number of carbonyl (C=O) groups is 1. The van der Waals surface area contributed by atoms with Crippen molar-refractivity contribution in [1.29, 1.82) is 0 Å². The lowest BCUT2D eigenvalue weighted by Crippen LogP contribution is -2.08. The standard InChI is InChI=1S/C25H20N4O3S/c1-15-26-21-9-5-8-20(24(30)32-2)22(21)29(15)14-16-10-12-17(13-11-16)18-6-3-4-7-19(18)23-27-25(31)33-28-23/h3-13H,14H2,1-2H3,(H,27,28,31). The van der Waals surface area contributed by atoms with E-state index in [9.17, 15) is 9.59 Å². The van der Waals surface area contributed by atoms with E-state index < -0.39 is 0 Å². The van der Waals surface area contributed by atoms with Gasteiger partial charge >= 0.3 is 10.8 Å². The van der Waals surface area contributed by atoms with Crippen molar-refractivity contribution in [1.82, 2.24) is 18.9 Å². The Bertz CT molecular complexity index is 1530. The number of ether oxygens (including phenoxy) is 1. The van der Waals surface area contributed by atoms with Gasteiger partial charge in [-0.15, -0.1) is 0 Å². The summed E-state index contributed by atoms with van der Waals surface area (Å²) >= 11 is 0.912. The molecule has 0 aliphatic carbocycles. The molecular weight excluding hydrogens is 436 g/mol. The first-order valence-corrected chi connectivity index (χ1v) is 11.1. The quantitative estimate of drug-likeness (QED) is 0.389. The summed E-state index contributed by atoms with van der Waals surface area (Å²) in [6.07, 6.45) is 0. The molecule has 0 unspecified atom stereocenters. The zero-order chi connectivity index (χ0) is 22.9. The highest BCUT2D eigenvalue weighted by Crippen LogP contribution is 2.30. The summed E-state index contributed by atoms with van der Waals surface area (Å²) in [5, 5.41) is 0. The molecule has 5 rings (SSSR count). The van der Waals surface area contributed by atoms with Gasteiger partial charge in [0.2, 0.25) is 0 Å². The summed E-state index contributed by atoms with van der Waals surface area (Å²) in [6.45, 7) is 2.50. The van der Waals surface area contributed by atoms with Crippen LogP contribution in [0.5, 0.6) is 0 Å². The first-order valence-electron chi connectivity index (χ1n) is 10.3. The van der Waals surface area contributed by atoms with Gasteiger partial charge in [-0.25, -0.2) is 9.78 Å². The molecule has 3 aromatic carbocycles. The van der Waals surface area contributed by atoms with Crippen LogP contribution in [0, 0.1) is 6.92 Å². The van der Waals surface area contributed by atoms with Gasteiger partial charge in [0.25, 0.3) is 0 Å². The fraction of sp³-hybridized carbons (Fsp3) is 0.120. The molecule has 0 bridgehead atoms. The topological polar surface area (TPSA) is 89.9 Å². The molecule has 0 atom stereocenters. The van der Waals surface area contributed by atoms with Crippen molar-refractivity contribution in [2.75, 3.05) is 7.11 Å². The number of hydrogen-bond donors (Lipinski definition) is 1. The smallest absolute Gasteiger partial charge is 0.340 e. The summed E-state index contributed by atoms with van der Waals surface area (Å²) in [5.41, 5.74) is 5.98. The molecule has 8 heteroatoms. The Morgan fingerprint density at radius 2 is 1.79 bits per heavy atom. The fourth-order valence-electron chi connectivity index (χ4n) is 4.03.